The first kappa shape index (κ1) is 16.9. The fourth-order valence-electron chi connectivity index (χ4n) is 3.23. The lowest BCUT2D eigenvalue weighted by atomic mass is 9.88. The molecule has 26 heavy (non-hydrogen) atoms. The van der Waals surface area contributed by atoms with Gasteiger partial charge in [-0.2, -0.15) is 0 Å². The zero-order chi connectivity index (χ0) is 18.4. The molecule has 1 aliphatic rings. The van der Waals surface area contributed by atoms with Crippen LogP contribution in [0.1, 0.15) is 17.0 Å². The third-order valence-corrected chi connectivity index (χ3v) is 5.13. The number of rotatable bonds is 2. The lowest BCUT2D eigenvalue weighted by Crippen LogP contribution is -2.31. The summed E-state index contributed by atoms with van der Waals surface area (Å²) in [7, 11) is 1.27. The van der Waals surface area contributed by atoms with Crippen LogP contribution in [0.5, 0.6) is 5.75 Å². The quantitative estimate of drug-likeness (QED) is 0.485. The maximum Gasteiger partial charge on any atom is 0.348 e. The summed E-state index contributed by atoms with van der Waals surface area (Å²) in [5.74, 6) is -0.989. The van der Waals surface area contributed by atoms with Crippen molar-refractivity contribution in [2.75, 3.05) is 7.11 Å². The van der Waals surface area contributed by atoms with E-state index in [1.807, 2.05) is 0 Å². The summed E-state index contributed by atoms with van der Waals surface area (Å²) in [6.45, 7) is 0. The monoisotopic (exact) mass is 390 g/mol. The van der Waals surface area contributed by atoms with Gasteiger partial charge in [0.2, 0.25) is 6.10 Å². The largest absolute Gasteiger partial charge is 0.476 e. The van der Waals surface area contributed by atoms with Gasteiger partial charge in [-0.1, -0.05) is 41.4 Å². The molecule has 5 nitrogen and oxygen atoms in total. The van der Waals surface area contributed by atoms with E-state index in [9.17, 15) is 9.59 Å². The minimum Gasteiger partial charge on any atom is -0.476 e. The molecule has 4 rings (SSSR count). The number of fused-ring (bicyclic) bond motifs is 3. The van der Waals surface area contributed by atoms with Crippen LogP contribution in [-0.4, -0.2) is 19.2 Å². The van der Waals surface area contributed by atoms with Gasteiger partial charge >= 0.3 is 11.6 Å². The highest BCUT2D eigenvalue weighted by molar-refractivity contribution is 6.42. The second-order valence-corrected chi connectivity index (χ2v) is 6.66. The van der Waals surface area contributed by atoms with Crippen molar-refractivity contribution in [1.29, 1.82) is 0 Å². The van der Waals surface area contributed by atoms with Crippen LogP contribution in [0.2, 0.25) is 10.0 Å². The third-order valence-electron chi connectivity index (χ3n) is 4.39. The van der Waals surface area contributed by atoms with Gasteiger partial charge in [0.05, 0.1) is 34.0 Å². The Hall–Kier alpha value is -2.50. The van der Waals surface area contributed by atoms with Crippen LogP contribution < -0.4 is 10.4 Å². The summed E-state index contributed by atoms with van der Waals surface area (Å²) in [6, 6.07) is 11.9. The van der Waals surface area contributed by atoms with Crippen molar-refractivity contribution in [3.63, 3.8) is 0 Å². The van der Waals surface area contributed by atoms with E-state index < -0.39 is 23.6 Å². The Bertz CT molecular complexity index is 1090. The molecule has 132 valence electrons. The number of carbonyl (C=O) groups excluding carboxylic acids is 1. The van der Waals surface area contributed by atoms with Gasteiger partial charge in [-0.25, -0.2) is 9.59 Å². The lowest BCUT2D eigenvalue weighted by Gasteiger charge is -2.17. The number of hydrogen-bond donors (Lipinski definition) is 0. The average Bonchev–Trinajstić information content (AvgIpc) is 3.05. The Morgan fingerprint density at radius 2 is 1.88 bits per heavy atom. The van der Waals surface area contributed by atoms with Crippen molar-refractivity contribution in [3.8, 4) is 5.75 Å². The molecule has 0 amide bonds. The van der Waals surface area contributed by atoms with Gasteiger partial charge in [0, 0.05) is 0 Å². The number of halogens is 2. The molecular formula is C19H12Cl2O5. The molecule has 0 fully saturated rings. The normalized spacial score (nSPS) is 18.4. The van der Waals surface area contributed by atoms with Gasteiger partial charge in [0.1, 0.15) is 11.3 Å². The van der Waals surface area contributed by atoms with Crippen LogP contribution in [-0.2, 0) is 9.53 Å². The summed E-state index contributed by atoms with van der Waals surface area (Å²) >= 11 is 12.1. The van der Waals surface area contributed by atoms with Crippen LogP contribution >= 0.6 is 23.2 Å². The van der Waals surface area contributed by atoms with Gasteiger partial charge in [0.15, 0.2) is 0 Å². The summed E-state index contributed by atoms with van der Waals surface area (Å²) in [6.07, 6.45) is -1.03. The zero-order valence-corrected chi connectivity index (χ0v) is 15.0. The van der Waals surface area contributed by atoms with E-state index in [0.29, 0.717) is 32.3 Å². The topological polar surface area (TPSA) is 65.7 Å². The molecular weight excluding hydrogens is 379 g/mol. The molecule has 0 aliphatic carbocycles. The molecule has 0 spiro atoms. The highest BCUT2D eigenvalue weighted by atomic mass is 35.5. The van der Waals surface area contributed by atoms with Crippen molar-refractivity contribution in [1.82, 2.24) is 0 Å². The maximum absolute atomic E-state index is 12.7. The van der Waals surface area contributed by atoms with Crippen LogP contribution in [0.15, 0.2) is 51.7 Å². The molecule has 2 heterocycles. The second-order valence-electron chi connectivity index (χ2n) is 5.84. The molecule has 1 aliphatic heterocycles. The number of benzene rings is 2. The predicted octanol–water partition coefficient (Wildman–Crippen LogP) is 4.17. The highest BCUT2D eigenvalue weighted by Gasteiger charge is 2.45. The summed E-state index contributed by atoms with van der Waals surface area (Å²) < 4.78 is 16.2. The van der Waals surface area contributed by atoms with E-state index in [-0.39, 0.29) is 5.56 Å². The van der Waals surface area contributed by atoms with Gasteiger partial charge in [-0.15, -0.1) is 0 Å². The lowest BCUT2D eigenvalue weighted by molar-refractivity contribution is -0.148. The van der Waals surface area contributed by atoms with Gasteiger partial charge in [-0.05, 0) is 29.8 Å². The number of esters is 1. The molecule has 1 aromatic heterocycles. The van der Waals surface area contributed by atoms with Crippen molar-refractivity contribution >= 4 is 40.1 Å². The molecule has 0 radical (unpaired) electrons. The van der Waals surface area contributed by atoms with Crippen LogP contribution in [0, 0.1) is 0 Å². The Morgan fingerprint density at radius 3 is 2.62 bits per heavy atom. The number of methoxy groups -OCH3 is 1. The highest BCUT2D eigenvalue weighted by Crippen LogP contribution is 2.45. The number of para-hydroxylation sites is 1. The van der Waals surface area contributed by atoms with Crippen molar-refractivity contribution < 1.29 is 18.7 Å². The molecule has 2 atom stereocenters. The van der Waals surface area contributed by atoms with Crippen LogP contribution in [0.3, 0.4) is 0 Å². The molecule has 0 bridgehead atoms. The van der Waals surface area contributed by atoms with Crippen LogP contribution in [0.25, 0.3) is 11.0 Å². The molecule has 0 N–H and O–H groups in total. The van der Waals surface area contributed by atoms with Crippen molar-refractivity contribution in [2.24, 2.45) is 0 Å². The van der Waals surface area contributed by atoms with E-state index in [0.717, 1.165) is 0 Å². The summed E-state index contributed by atoms with van der Waals surface area (Å²) in [5.41, 5.74) is 0.685. The summed E-state index contributed by atoms with van der Waals surface area (Å²) in [5, 5.41) is 1.29. The molecule has 0 saturated heterocycles. The average molecular weight is 391 g/mol. The Morgan fingerprint density at radius 1 is 1.12 bits per heavy atom. The van der Waals surface area contributed by atoms with Crippen LogP contribution in [0.4, 0.5) is 0 Å². The Kier molecular flexibility index (Phi) is 4.13. The standard InChI is InChI=1S/C19H12Cl2O5/c1-24-19(23)17-14(9-6-7-11(20)12(21)8-9)15-16(26-17)10-4-2-3-5-13(10)25-18(15)22/h2-8,14,17H,1H3/t14-,17-/m1/s1. The number of carbonyl (C=O) groups is 1. The van der Waals surface area contributed by atoms with E-state index in [2.05, 4.69) is 0 Å². The summed E-state index contributed by atoms with van der Waals surface area (Å²) in [4.78, 5) is 25.0. The fourth-order valence-corrected chi connectivity index (χ4v) is 3.53. The third kappa shape index (κ3) is 2.55. The first-order valence-electron chi connectivity index (χ1n) is 7.76. The first-order valence-corrected chi connectivity index (χ1v) is 8.52. The Labute approximate surface area is 158 Å². The van der Waals surface area contributed by atoms with Crippen molar-refractivity contribution in [3.05, 3.63) is 74.1 Å². The minimum atomic E-state index is -1.03. The van der Waals surface area contributed by atoms with E-state index in [1.165, 1.54) is 7.11 Å². The number of ether oxygens (including phenoxy) is 2. The van der Waals surface area contributed by atoms with E-state index >= 15 is 0 Å². The Balaban J connectivity index is 1.99. The van der Waals surface area contributed by atoms with E-state index in [4.69, 9.17) is 37.1 Å². The first-order chi connectivity index (χ1) is 12.5. The van der Waals surface area contributed by atoms with Crippen molar-refractivity contribution in [2.45, 2.75) is 12.0 Å². The van der Waals surface area contributed by atoms with Gasteiger partial charge in [0.25, 0.3) is 0 Å². The fraction of sp³-hybridized carbons (Fsp3) is 0.158. The van der Waals surface area contributed by atoms with Gasteiger partial charge < -0.3 is 13.9 Å². The van der Waals surface area contributed by atoms with Gasteiger partial charge in [-0.3, -0.25) is 0 Å². The maximum atomic E-state index is 12.7. The smallest absolute Gasteiger partial charge is 0.348 e. The molecule has 2 aromatic carbocycles. The minimum absolute atomic E-state index is 0.262. The molecule has 3 aromatic rings. The SMILES string of the molecule is COC(=O)[C@@H]1Oc2c(c(=O)oc3ccccc23)[C@H]1c1ccc(Cl)c(Cl)c1. The predicted molar refractivity (Wildman–Crippen MR) is 97.2 cm³/mol. The number of hydrogen-bond acceptors (Lipinski definition) is 5. The molecule has 0 unspecified atom stereocenters. The molecule has 0 saturated carbocycles. The second kappa shape index (κ2) is 6.34. The zero-order valence-electron chi connectivity index (χ0n) is 13.5. The van der Waals surface area contributed by atoms with E-state index in [1.54, 1.807) is 42.5 Å². The molecule has 7 heteroatoms.